The quantitative estimate of drug-likeness (QED) is 0.822. The number of carbonyl (C=O) groups is 1. The number of fused-ring (bicyclic) bond motifs is 2. The number of nitrogens with two attached hydrogens (primary N) is 1. The van der Waals surface area contributed by atoms with Gasteiger partial charge in [0, 0.05) is 25.2 Å². The first-order valence-electron chi connectivity index (χ1n) is 8.71. The number of benzene rings is 1. The average Bonchev–Trinajstić information content (AvgIpc) is 2.93. The zero-order valence-corrected chi connectivity index (χ0v) is 14.7. The Labute approximate surface area is 147 Å². The van der Waals surface area contributed by atoms with E-state index in [2.05, 4.69) is 10.2 Å². The number of amides is 1. The van der Waals surface area contributed by atoms with Crippen LogP contribution in [0, 0.1) is 17.8 Å². The molecule has 6 heteroatoms. The summed E-state index contributed by atoms with van der Waals surface area (Å²) in [6, 6.07) is 3.46. The molecule has 1 saturated carbocycles. The van der Waals surface area contributed by atoms with E-state index in [1.54, 1.807) is 12.1 Å². The van der Waals surface area contributed by atoms with E-state index >= 15 is 0 Å². The molecule has 3 N–H and O–H groups in total. The predicted molar refractivity (Wildman–Crippen MR) is 94.4 cm³/mol. The van der Waals surface area contributed by atoms with Gasteiger partial charge in [-0.25, -0.2) is 0 Å². The number of nitrogens with one attached hydrogen (secondary N) is 1. The van der Waals surface area contributed by atoms with Crippen LogP contribution in [0.1, 0.15) is 29.6 Å². The molecule has 0 spiro atoms. The number of hydrogen-bond donors (Lipinski definition) is 2. The standard InChI is InChI=1S/C18H24ClN3O2/c1-24-17-7-15(20)14(19)6-13(17)18(23)21-16-5-11-8-22-3-2-10(11)4-12(16)9-22/h6-7,10-12,16H,2-5,8-9,20H2,1H3,(H,21,23)/t10?,11?,12?,16-/m1/s1. The van der Waals surface area contributed by atoms with E-state index in [9.17, 15) is 4.79 Å². The Morgan fingerprint density at radius 3 is 2.88 bits per heavy atom. The normalized spacial score (nSPS) is 34.0. The molecule has 5 aliphatic rings. The molecule has 1 amide bonds. The van der Waals surface area contributed by atoms with Crippen molar-refractivity contribution in [2.45, 2.75) is 25.3 Å². The number of carbonyl (C=O) groups excluding carboxylic acids is 1. The first-order chi connectivity index (χ1) is 11.5. The second kappa shape index (κ2) is 6.12. The molecule has 4 unspecified atom stereocenters. The van der Waals surface area contributed by atoms with Gasteiger partial charge in [-0.15, -0.1) is 0 Å². The van der Waals surface area contributed by atoms with Gasteiger partial charge in [0.15, 0.2) is 0 Å². The Morgan fingerprint density at radius 2 is 2.08 bits per heavy atom. The van der Waals surface area contributed by atoms with Gasteiger partial charge in [-0.2, -0.15) is 0 Å². The van der Waals surface area contributed by atoms with Gasteiger partial charge < -0.3 is 20.7 Å². The third-order valence-corrected chi connectivity index (χ3v) is 6.41. The van der Waals surface area contributed by atoms with Gasteiger partial charge in [0.2, 0.25) is 0 Å². The molecule has 4 heterocycles. The maximum absolute atomic E-state index is 12.8. The first-order valence-corrected chi connectivity index (χ1v) is 9.09. The zero-order chi connectivity index (χ0) is 16.8. The van der Waals surface area contributed by atoms with Crippen LogP contribution in [0.3, 0.4) is 0 Å². The molecular formula is C18H24ClN3O2. The number of ether oxygens (including phenoxy) is 1. The number of hydrogen-bond acceptors (Lipinski definition) is 4. The van der Waals surface area contributed by atoms with Crippen LogP contribution in [0.5, 0.6) is 5.75 Å². The van der Waals surface area contributed by atoms with Crippen LogP contribution in [0.25, 0.3) is 0 Å². The van der Waals surface area contributed by atoms with Crippen LogP contribution in [0.4, 0.5) is 5.69 Å². The summed E-state index contributed by atoms with van der Waals surface area (Å²) in [5.41, 5.74) is 6.69. The van der Waals surface area contributed by atoms with Gasteiger partial charge in [0.05, 0.1) is 23.4 Å². The fraction of sp³-hybridized carbons (Fsp3) is 0.611. The van der Waals surface area contributed by atoms with Crippen molar-refractivity contribution in [3.63, 3.8) is 0 Å². The fourth-order valence-corrected chi connectivity index (χ4v) is 5.01. The van der Waals surface area contributed by atoms with E-state index in [0.717, 1.165) is 24.8 Å². The Bertz CT molecular complexity index is 664. The van der Waals surface area contributed by atoms with Crippen LogP contribution in [-0.2, 0) is 0 Å². The van der Waals surface area contributed by atoms with Crippen LogP contribution >= 0.6 is 11.6 Å². The molecule has 0 radical (unpaired) electrons. The average molecular weight is 350 g/mol. The monoisotopic (exact) mass is 349 g/mol. The number of halogens is 1. The summed E-state index contributed by atoms with van der Waals surface area (Å²) in [4.78, 5) is 15.4. The highest BCUT2D eigenvalue weighted by atomic mass is 35.5. The fourth-order valence-electron chi connectivity index (χ4n) is 4.84. The number of nitrogen functional groups attached to an aromatic ring is 1. The predicted octanol–water partition coefficient (Wildman–Crippen LogP) is 2.39. The largest absolute Gasteiger partial charge is 0.496 e. The second-order valence-electron chi connectivity index (χ2n) is 7.45. The molecule has 130 valence electrons. The molecular weight excluding hydrogens is 326 g/mol. The minimum atomic E-state index is -0.117. The minimum absolute atomic E-state index is 0.117. The van der Waals surface area contributed by atoms with E-state index < -0.39 is 0 Å². The first kappa shape index (κ1) is 16.0. The number of methoxy groups -OCH3 is 1. The van der Waals surface area contributed by atoms with E-state index in [1.165, 1.54) is 33.0 Å². The maximum atomic E-state index is 12.8. The number of nitrogens with zero attached hydrogens (tertiary/aromatic N) is 1. The molecule has 4 saturated heterocycles. The molecule has 4 bridgehead atoms. The van der Waals surface area contributed by atoms with E-state index in [1.807, 2.05) is 0 Å². The lowest BCUT2D eigenvalue weighted by molar-refractivity contribution is 0.0860. The van der Waals surface area contributed by atoms with E-state index in [4.69, 9.17) is 22.1 Å². The van der Waals surface area contributed by atoms with Gasteiger partial charge in [0.25, 0.3) is 5.91 Å². The van der Waals surface area contributed by atoms with Crippen LogP contribution in [0.15, 0.2) is 12.1 Å². The summed E-state index contributed by atoms with van der Waals surface area (Å²) in [7, 11) is 1.54. The maximum Gasteiger partial charge on any atom is 0.255 e. The molecule has 5 fully saturated rings. The summed E-state index contributed by atoms with van der Waals surface area (Å²) < 4.78 is 5.31. The SMILES string of the molecule is COc1cc(N)c(Cl)cc1C(=O)N[C@@H]1CC2CN3CCC2CC1C3. The summed E-state index contributed by atoms with van der Waals surface area (Å²) in [5, 5.41) is 3.63. The van der Waals surface area contributed by atoms with Crippen molar-refractivity contribution in [1.29, 1.82) is 0 Å². The lowest BCUT2D eigenvalue weighted by Gasteiger charge is -2.39. The molecule has 5 nitrogen and oxygen atoms in total. The Hall–Kier alpha value is -1.46. The lowest BCUT2D eigenvalue weighted by Crippen LogP contribution is -2.46. The van der Waals surface area contributed by atoms with E-state index in [0.29, 0.717) is 27.9 Å². The van der Waals surface area contributed by atoms with Gasteiger partial charge >= 0.3 is 0 Å². The molecule has 6 rings (SSSR count). The second-order valence-corrected chi connectivity index (χ2v) is 7.86. The molecule has 4 aliphatic heterocycles. The molecule has 0 aromatic heterocycles. The third-order valence-electron chi connectivity index (χ3n) is 6.08. The number of rotatable bonds is 3. The summed E-state index contributed by atoms with van der Waals surface area (Å²) in [6.07, 6.45) is 3.65. The van der Waals surface area contributed by atoms with Crippen LogP contribution in [-0.4, -0.2) is 43.6 Å². The highest BCUT2D eigenvalue weighted by Crippen LogP contribution is 2.43. The molecule has 1 aromatic rings. The molecule has 1 aliphatic carbocycles. The molecule has 1 aromatic carbocycles. The van der Waals surface area contributed by atoms with Gasteiger partial charge in [-0.3, -0.25) is 4.79 Å². The van der Waals surface area contributed by atoms with Crippen molar-refractivity contribution in [2.24, 2.45) is 17.8 Å². The van der Waals surface area contributed by atoms with Gasteiger partial charge in [-0.1, -0.05) is 11.6 Å². The Kier molecular flexibility index (Phi) is 4.09. The third kappa shape index (κ3) is 2.74. The Morgan fingerprint density at radius 1 is 1.29 bits per heavy atom. The van der Waals surface area contributed by atoms with Crippen molar-refractivity contribution in [3.8, 4) is 5.75 Å². The smallest absolute Gasteiger partial charge is 0.255 e. The summed E-state index contributed by atoms with van der Waals surface area (Å²) in [6.45, 7) is 3.53. The van der Waals surface area contributed by atoms with Crippen molar-refractivity contribution in [3.05, 3.63) is 22.7 Å². The van der Waals surface area contributed by atoms with Gasteiger partial charge in [-0.05, 0) is 49.6 Å². The minimum Gasteiger partial charge on any atom is -0.496 e. The van der Waals surface area contributed by atoms with Crippen molar-refractivity contribution >= 4 is 23.2 Å². The zero-order valence-electron chi connectivity index (χ0n) is 13.9. The van der Waals surface area contributed by atoms with Crippen LogP contribution < -0.4 is 15.8 Å². The summed E-state index contributed by atoms with van der Waals surface area (Å²) >= 11 is 6.10. The number of anilines is 1. The Balaban J connectivity index is 1.54. The molecule has 5 atom stereocenters. The topological polar surface area (TPSA) is 67.6 Å². The summed E-state index contributed by atoms with van der Waals surface area (Å²) in [5.74, 6) is 2.48. The van der Waals surface area contributed by atoms with E-state index in [-0.39, 0.29) is 11.9 Å². The van der Waals surface area contributed by atoms with Gasteiger partial charge in [0.1, 0.15) is 5.75 Å². The number of piperidine rings is 1. The van der Waals surface area contributed by atoms with Crippen molar-refractivity contribution in [1.82, 2.24) is 10.2 Å². The van der Waals surface area contributed by atoms with Crippen molar-refractivity contribution < 1.29 is 9.53 Å². The van der Waals surface area contributed by atoms with Crippen LogP contribution in [0.2, 0.25) is 5.02 Å². The lowest BCUT2D eigenvalue weighted by atomic mass is 9.71. The molecule has 24 heavy (non-hydrogen) atoms. The highest BCUT2D eigenvalue weighted by molar-refractivity contribution is 6.33. The van der Waals surface area contributed by atoms with Crippen molar-refractivity contribution in [2.75, 3.05) is 32.5 Å². The highest BCUT2D eigenvalue weighted by Gasteiger charge is 2.45.